The van der Waals surface area contributed by atoms with Crippen LogP contribution in [-0.2, 0) is 12.6 Å². The summed E-state index contributed by atoms with van der Waals surface area (Å²) >= 11 is 0. The number of nitrogen functional groups attached to an aromatic ring is 1. The van der Waals surface area contributed by atoms with Crippen molar-refractivity contribution in [2.45, 2.75) is 33.4 Å². The molecule has 20 heavy (non-hydrogen) atoms. The summed E-state index contributed by atoms with van der Waals surface area (Å²) in [6.45, 7) is 5.68. The van der Waals surface area contributed by atoms with Crippen LogP contribution < -0.4 is 5.73 Å². The molecule has 0 bridgehead atoms. The monoisotopic (exact) mass is 283 g/mol. The van der Waals surface area contributed by atoms with Crippen molar-refractivity contribution in [1.82, 2.24) is 9.78 Å². The van der Waals surface area contributed by atoms with Crippen LogP contribution in [0.25, 0.3) is 5.69 Å². The molecular formula is C14H16F3N3. The molecule has 2 rings (SSSR count). The van der Waals surface area contributed by atoms with E-state index < -0.39 is 11.7 Å². The lowest BCUT2D eigenvalue weighted by Gasteiger charge is -2.11. The average molecular weight is 283 g/mol. The summed E-state index contributed by atoms with van der Waals surface area (Å²) in [4.78, 5) is 0. The fourth-order valence-corrected chi connectivity index (χ4v) is 2.36. The molecule has 0 radical (unpaired) electrons. The van der Waals surface area contributed by atoms with Gasteiger partial charge in [0.2, 0.25) is 0 Å². The van der Waals surface area contributed by atoms with Crippen molar-refractivity contribution in [1.29, 1.82) is 0 Å². The van der Waals surface area contributed by atoms with E-state index in [1.54, 1.807) is 0 Å². The maximum atomic E-state index is 12.8. The fourth-order valence-electron chi connectivity index (χ4n) is 2.36. The van der Waals surface area contributed by atoms with E-state index in [9.17, 15) is 13.2 Å². The number of aromatic nitrogens is 2. The highest BCUT2D eigenvalue weighted by molar-refractivity contribution is 5.52. The number of benzene rings is 1. The van der Waals surface area contributed by atoms with Crippen LogP contribution in [0.2, 0.25) is 0 Å². The van der Waals surface area contributed by atoms with Gasteiger partial charge in [0.1, 0.15) is 0 Å². The lowest BCUT2D eigenvalue weighted by Crippen LogP contribution is -2.09. The van der Waals surface area contributed by atoms with E-state index in [1.807, 2.05) is 20.8 Å². The van der Waals surface area contributed by atoms with Crippen LogP contribution in [-0.4, -0.2) is 9.78 Å². The highest BCUT2D eigenvalue weighted by Crippen LogP contribution is 2.32. The second-order valence-corrected chi connectivity index (χ2v) is 4.73. The van der Waals surface area contributed by atoms with Crippen molar-refractivity contribution in [3.8, 4) is 5.69 Å². The second-order valence-electron chi connectivity index (χ2n) is 4.73. The molecule has 2 N–H and O–H groups in total. The SMILES string of the molecule is CCc1c(C)nn(-c2cc(N)cc(C(F)(F)F)c2)c1C. The van der Waals surface area contributed by atoms with Gasteiger partial charge in [0.15, 0.2) is 0 Å². The topological polar surface area (TPSA) is 43.8 Å². The van der Waals surface area contributed by atoms with Crippen LogP contribution in [0.3, 0.4) is 0 Å². The molecule has 1 aromatic heterocycles. The molecule has 1 heterocycles. The van der Waals surface area contributed by atoms with E-state index in [2.05, 4.69) is 5.10 Å². The van der Waals surface area contributed by atoms with Crippen LogP contribution >= 0.6 is 0 Å². The lowest BCUT2D eigenvalue weighted by molar-refractivity contribution is -0.137. The number of rotatable bonds is 2. The first-order valence-corrected chi connectivity index (χ1v) is 6.27. The molecule has 0 atom stereocenters. The Morgan fingerprint density at radius 3 is 2.35 bits per heavy atom. The maximum Gasteiger partial charge on any atom is 0.416 e. The zero-order chi connectivity index (χ0) is 15.1. The molecule has 108 valence electrons. The summed E-state index contributed by atoms with van der Waals surface area (Å²) in [6, 6.07) is 3.49. The quantitative estimate of drug-likeness (QED) is 0.855. The minimum Gasteiger partial charge on any atom is -0.399 e. The van der Waals surface area contributed by atoms with Gasteiger partial charge in [-0.15, -0.1) is 0 Å². The van der Waals surface area contributed by atoms with Crippen molar-refractivity contribution in [3.05, 3.63) is 40.7 Å². The van der Waals surface area contributed by atoms with Crippen LogP contribution in [0.5, 0.6) is 0 Å². The van der Waals surface area contributed by atoms with Gasteiger partial charge in [-0.25, -0.2) is 4.68 Å². The number of alkyl halides is 3. The van der Waals surface area contributed by atoms with Crippen LogP contribution in [0.4, 0.5) is 18.9 Å². The zero-order valence-electron chi connectivity index (χ0n) is 11.5. The van der Waals surface area contributed by atoms with E-state index in [4.69, 9.17) is 5.73 Å². The molecule has 3 nitrogen and oxygen atoms in total. The van der Waals surface area contributed by atoms with Gasteiger partial charge in [-0.1, -0.05) is 6.92 Å². The van der Waals surface area contributed by atoms with E-state index in [0.717, 1.165) is 35.5 Å². The molecule has 0 saturated heterocycles. The molecule has 0 saturated carbocycles. The lowest BCUT2D eigenvalue weighted by atomic mass is 10.1. The second kappa shape index (κ2) is 4.85. The Hall–Kier alpha value is -1.98. The number of nitrogens with two attached hydrogens (primary N) is 1. The smallest absolute Gasteiger partial charge is 0.399 e. The number of hydrogen-bond donors (Lipinski definition) is 1. The van der Waals surface area contributed by atoms with Gasteiger partial charge in [-0.3, -0.25) is 0 Å². The van der Waals surface area contributed by atoms with E-state index in [1.165, 1.54) is 10.7 Å². The van der Waals surface area contributed by atoms with Crippen molar-refractivity contribution in [2.24, 2.45) is 0 Å². The molecule has 6 heteroatoms. The molecule has 0 aliphatic rings. The molecule has 0 aliphatic heterocycles. The van der Waals surface area contributed by atoms with Gasteiger partial charge < -0.3 is 5.73 Å². The molecular weight excluding hydrogens is 267 g/mol. The number of anilines is 1. The molecule has 0 amide bonds. The fraction of sp³-hybridized carbons (Fsp3) is 0.357. The Morgan fingerprint density at radius 1 is 1.20 bits per heavy atom. The van der Waals surface area contributed by atoms with Crippen LogP contribution in [0.1, 0.15) is 29.4 Å². The Bertz CT molecular complexity index is 642. The van der Waals surface area contributed by atoms with Crippen molar-refractivity contribution < 1.29 is 13.2 Å². The zero-order valence-corrected chi connectivity index (χ0v) is 11.5. The largest absolute Gasteiger partial charge is 0.416 e. The number of aryl methyl sites for hydroxylation is 1. The number of nitrogens with zero attached hydrogens (tertiary/aromatic N) is 2. The van der Waals surface area contributed by atoms with Crippen LogP contribution in [0.15, 0.2) is 18.2 Å². The van der Waals surface area contributed by atoms with Crippen LogP contribution in [0, 0.1) is 13.8 Å². The van der Waals surface area contributed by atoms with Crippen molar-refractivity contribution in [2.75, 3.05) is 5.73 Å². The molecule has 0 unspecified atom stereocenters. The Labute approximate surface area is 115 Å². The van der Waals surface area contributed by atoms with Gasteiger partial charge in [0.25, 0.3) is 0 Å². The maximum absolute atomic E-state index is 12.8. The summed E-state index contributed by atoms with van der Waals surface area (Å²) in [7, 11) is 0. The third-order valence-corrected chi connectivity index (χ3v) is 3.31. The van der Waals surface area contributed by atoms with Gasteiger partial charge in [-0.05, 0) is 44.0 Å². The standard InChI is InChI=1S/C14H16F3N3/c1-4-13-8(2)19-20(9(13)3)12-6-10(14(15,16)17)5-11(18)7-12/h5-7H,4,18H2,1-3H3. The minimum absolute atomic E-state index is 0.0698. The predicted octanol–water partition coefficient (Wildman–Crippen LogP) is 3.65. The van der Waals surface area contributed by atoms with Gasteiger partial charge in [0, 0.05) is 11.4 Å². The molecule has 0 fully saturated rings. The molecule has 0 spiro atoms. The van der Waals surface area contributed by atoms with Crippen molar-refractivity contribution in [3.63, 3.8) is 0 Å². The predicted molar refractivity (Wildman–Crippen MR) is 71.8 cm³/mol. The Kier molecular flexibility index (Phi) is 3.50. The third-order valence-electron chi connectivity index (χ3n) is 3.31. The van der Waals surface area contributed by atoms with Crippen molar-refractivity contribution >= 4 is 5.69 Å². The third kappa shape index (κ3) is 2.50. The summed E-state index contributed by atoms with van der Waals surface area (Å²) in [5, 5.41) is 4.31. The van der Waals surface area contributed by atoms with Gasteiger partial charge >= 0.3 is 6.18 Å². The summed E-state index contributed by atoms with van der Waals surface area (Å²) in [5.41, 5.74) is 7.91. The first-order chi connectivity index (χ1) is 9.24. The summed E-state index contributed by atoms with van der Waals surface area (Å²) in [6.07, 6.45) is -3.64. The highest BCUT2D eigenvalue weighted by atomic mass is 19.4. The average Bonchev–Trinajstić information content (AvgIpc) is 2.62. The highest BCUT2D eigenvalue weighted by Gasteiger charge is 2.31. The minimum atomic E-state index is -4.42. The van der Waals surface area contributed by atoms with Gasteiger partial charge in [0.05, 0.1) is 16.9 Å². The molecule has 2 aromatic rings. The number of halogens is 3. The summed E-state index contributed by atoms with van der Waals surface area (Å²) in [5.74, 6) is 0. The van der Waals surface area contributed by atoms with E-state index in [-0.39, 0.29) is 5.69 Å². The first kappa shape index (κ1) is 14.4. The number of hydrogen-bond acceptors (Lipinski definition) is 2. The Balaban J connectivity index is 2.62. The normalized spacial score (nSPS) is 11.9. The molecule has 0 aliphatic carbocycles. The van der Waals surface area contributed by atoms with E-state index in [0.29, 0.717) is 5.69 Å². The van der Waals surface area contributed by atoms with E-state index >= 15 is 0 Å². The first-order valence-electron chi connectivity index (χ1n) is 6.27. The Morgan fingerprint density at radius 2 is 1.85 bits per heavy atom. The molecule has 1 aromatic carbocycles. The van der Waals surface area contributed by atoms with Gasteiger partial charge in [-0.2, -0.15) is 18.3 Å². The summed E-state index contributed by atoms with van der Waals surface area (Å²) < 4.78 is 40.0.